The average Bonchev–Trinajstić information content (AvgIpc) is 2.50. The molecular weight excluding hydrogens is 216 g/mol. The molecular formula is C11H13F2NO2. The van der Waals surface area contributed by atoms with Gasteiger partial charge < -0.3 is 14.8 Å². The van der Waals surface area contributed by atoms with Gasteiger partial charge in [-0.05, 0) is 31.2 Å². The predicted octanol–water partition coefficient (Wildman–Crippen LogP) is 2.68. The summed E-state index contributed by atoms with van der Waals surface area (Å²) in [5.41, 5.74) is 0.891. The Balaban J connectivity index is 2.22. The van der Waals surface area contributed by atoms with Gasteiger partial charge in [-0.3, -0.25) is 0 Å². The molecule has 2 rings (SSSR count). The van der Waals surface area contributed by atoms with Gasteiger partial charge in [0.25, 0.3) is 0 Å². The normalized spacial score (nSPS) is 18.5. The molecule has 3 nitrogen and oxygen atoms in total. The summed E-state index contributed by atoms with van der Waals surface area (Å²) in [6.45, 7) is 4.75. The average molecular weight is 229 g/mol. The van der Waals surface area contributed by atoms with Gasteiger partial charge in [0.2, 0.25) is 0 Å². The van der Waals surface area contributed by atoms with Crippen LogP contribution < -0.4 is 14.8 Å². The first kappa shape index (κ1) is 11.1. The highest BCUT2D eigenvalue weighted by Gasteiger charge is 2.43. The second-order valence-electron chi connectivity index (χ2n) is 3.65. The topological polar surface area (TPSA) is 30.5 Å². The molecule has 5 heteroatoms. The van der Waals surface area contributed by atoms with E-state index in [1.165, 1.54) is 6.07 Å². The molecule has 0 aromatic heterocycles. The highest BCUT2D eigenvalue weighted by atomic mass is 19.3. The number of hydrogen-bond donors (Lipinski definition) is 1. The second kappa shape index (κ2) is 3.90. The Hall–Kier alpha value is -1.36. The molecule has 0 fully saturated rings. The summed E-state index contributed by atoms with van der Waals surface area (Å²) in [4.78, 5) is 0. The molecule has 1 aliphatic rings. The van der Waals surface area contributed by atoms with Crippen LogP contribution in [-0.2, 0) is 0 Å². The summed E-state index contributed by atoms with van der Waals surface area (Å²) in [5, 5.41) is 3.19. The number of hydrogen-bond acceptors (Lipinski definition) is 3. The molecule has 88 valence electrons. The fourth-order valence-corrected chi connectivity index (χ4v) is 1.66. The molecule has 1 aliphatic heterocycles. The molecule has 0 amide bonds. The molecule has 0 spiro atoms. The summed E-state index contributed by atoms with van der Waals surface area (Å²) in [7, 11) is 0. The SMILES string of the molecule is CCN[C@H](C)c1ccc2c(c1)OC(F)(F)O2. The molecule has 0 bridgehead atoms. The van der Waals surface area contributed by atoms with E-state index in [9.17, 15) is 8.78 Å². The number of benzene rings is 1. The Morgan fingerprint density at radius 1 is 1.31 bits per heavy atom. The van der Waals surface area contributed by atoms with Gasteiger partial charge in [-0.25, -0.2) is 0 Å². The van der Waals surface area contributed by atoms with E-state index in [0.29, 0.717) is 0 Å². The zero-order valence-corrected chi connectivity index (χ0v) is 9.09. The van der Waals surface area contributed by atoms with Crippen molar-refractivity contribution < 1.29 is 18.3 Å². The van der Waals surface area contributed by atoms with Gasteiger partial charge >= 0.3 is 6.29 Å². The minimum Gasteiger partial charge on any atom is -0.395 e. The maximum Gasteiger partial charge on any atom is 0.586 e. The smallest absolute Gasteiger partial charge is 0.395 e. The second-order valence-corrected chi connectivity index (χ2v) is 3.65. The van der Waals surface area contributed by atoms with Gasteiger partial charge in [-0.2, -0.15) is 0 Å². The van der Waals surface area contributed by atoms with Crippen molar-refractivity contribution in [3.8, 4) is 11.5 Å². The van der Waals surface area contributed by atoms with Crippen molar-refractivity contribution in [1.29, 1.82) is 0 Å². The number of ether oxygens (including phenoxy) is 2. The van der Waals surface area contributed by atoms with E-state index in [2.05, 4.69) is 14.8 Å². The van der Waals surface area contributed by atoms with Crippen LogP contribution in [-0.4, -0.2) is 12.8 Å². The Kier molecular flexibility index (Phi) is 2.71. The predicted molar refractivity (Wildman–Crippen MR) is 54.7 cm³/mol. The Morgan fingerprint density at radius 3 is 2.69 bits per heavy atom. The van der Waals surface area contributed by atoms with Crippen LogP contribution in [0.3, 0.4) is 0 Å². The molecule has 1 N–H and O–H groups in total. The van der Waals surface area contributed by atoms with E-state index in [1.807, 2.05) is 13.8 Å². The van der Waals surface area contributed by atoms with Crippen LogP contribution in [0.25, 0.3) is 0 Å². The van der Waals surface area contributed by atoms with Crippen molar-refractivity contribution in [1.82, 2.24) is 5.32 Å². The van der Waals surface area contributed by atoms with Gasteiger partial charge in [-0.15, -0.1) is 8.78 Å². The Bertz CT molecular complexity index is 396. The van der Waals surface area contributed by atoms with E-state index < -0.39 is 6.29 Å². The minimum absolute atomic E-state index is 0.0810. The number of alkyl halides is 2. The van der Waals surface area contributed by atoms with E-state index in [1.54, 1.807) is 12.1 Å². The summed E-state index contributed by atoms with van der Waals surface area (Å²) < 4.78 is 34.2. The maximum atomic E-state index is 12.8. The molecule has 0 saturated carbocycles. The molecule has 1 aromatic carbocycles. The van der Waals surface area contributed by atoms with Crippen LogP contribution in [0.15, 0.2) is 18.2 Å². The first-order valence-corrected chi connectivity index (χ1v) is 5.15. The van der Waals surface area contributed by atoms with E-state index in [4.69, 9.17) is 0 Å². The molecule has 1 aromatic rings. The highest BCUT2D eigenvalue weighted by molar-refractivity contribution is 5.45. The van der Waals surface area contributed by atoms with Crippen molar-refractivity contribution in [3.05, 3.63) is 23.8 Å². The van der Waals surface area contributed by atoms with Crippen molar-refractivity contribution >= 4 is 0 Å². The summed E-state index contributed by atoms with van der Waals surface area (Å²) >= 11 is 0. The monoisotopic (exact) mass is 229 g/mol. The van der Waals surface area contributed by atoms with Crippen molar-refractivity contribution in [2.45, 2.75) is 26.2 Å². The molecule has 0 aliphatic carbocycles. The van der Waals surface area contributed by atoms with Crippen molar-refractivity contribution in [3.63, 3.8) is 0 Å². The van der Waals surface area contributed by atoms with Crippen LogP contribution in [0.4, 0.5) is 8.78 Å². The lowest BCUT2D eigenvalue weighted by Crippen LogP contribution is -2.25. The molecule has 0 unspecified atom stereocenters. The van der Waals surface area contributed by atoms with Crippen LogP contribution >= 0.6 is 0 Å². The largest absolute Gasteiger partial charge is 0.586 e. The van der Waals surface area contributed by atoms with Crippen molar-refractivity contribution in [2.24, 2.45) is 0 Å². The van der Waals surface area contributed by atoms with Gasteiger partial charge in [0, 0.05) is 6.04 Å². The molecule has 1 heterocycles. The third kappa shape index (κ3) is 2.09. The van der Waals surface area contributed by atoms with Gasteiger partial charge in [0.15, 0.2) is 11.5 Å². The summed E-state index contributed by atoms with van der Waals surface area (Å²) in [6.07, 6.45) is -3.54. The van der Waals surface area contributed by atoms with Crippen LogP contribution in [0.5, 0.6) is 11.5 Å². The van der Waals surface area contributed by atoms with E-state index >= 15 is 0 Å². The quantitative estimate of drug-likeness (QED) is 0.864. The van der Waals surface area contributed by atoms with Crippen LogP contribution in [0.2, 0.25) is 0 Å². The number of nitrogens with one attached hydrogen (secondary N) is 1. The molecule has 16 heavy (non-hydrogen) atoms. The zero-order valence-electron chi connectivity index (χ0n) is 9.09. The standard InChI is InChI=1S/C11H13F2NO2/c1-3-14-7(2)8-4-5-9-10(6-8)16-11(12,13)15-9/h4-7,14H,3H2,1-2H3/t7-/m1/s1. The molecule has 1 atom stereocenters. The van der Waals surface area contributed by atoms with E-state index in [0.717, 1.165) is 12.1 Å². The van der Waals surface area contributed by atoms with Gasteiger partial charge in [-0.1, -0.05) is 13.0 Å². The van der Waals surface area contributed by atoms with Gasteiger partial charge in [0.05, 0.1) is 0 Å². The van der Waals surface area contributed by atoms with E-state index in [-0.39, 0.29) is 17.5 Å². The lowest BCUT2D eigenvalue weighted by molar-refractivity contribution is -0.286. The number of halogens is 2. The lowest BCUT2D eigenvalue weighted by atomic mass is 10.1. The van der Waals surface area contributed by atoms with Gasteiger partial charge in [0.1, 0.15) is 0 Å². The fraction of sp³-hybridized carbons (Fsp3) is 0.455. The number of fused-ring (bicyclic) bond motifs is 1. The summed E-state index contributed by atoms with van der Waals surface area (Å²) in [6, 6.07) is 4.91. The summed E-state index contributed by atoms with van der Waals surface area (Å²) in [5.74, 6) is 0.171. The zero-order chi connectivity index (χ0) is 11.8. The number of rotatable bonds is 3. The van der Waals surface area contributed by atoms with Crippen molar-refractivity contribution in [2.75, 3.05) is 6.54 Å². The lowest BCUT2D eigenvalue weighted by Gasteiger charge is -2.12. The molecule has 0 saturated heterocycles. The van der Waals surface area contributed by atoms with Crippen LogP contribution in [0.1, 0.15) is 25.5 Å². The Morgan fingerprint density at radius 2 is 2.00 bits per heavy atom. The maximum absolute atomic E-state index is 12.8. The third-order valence-electron chi connectivity index (χ3n) is 2.44. The highest BCUT2D eigenvalue weighted by Crippen LogP contribution is 2.41. The third-order valence-corrected chi connectivity index (χ3v) is 2.44. The minimum atomic E-state index is -3.54. The fourth-order valence-electron chi connectivity index (χ4n) is 1.66. The first-order chi connectivity index (χ1) is 7.52. The molecule has 0 radical (unpaired) electrons. The van der Waals surface area contributed by atoms with Crippen LogP contribution in [0, 0.1) is 0 Å². The first-order valence-electron chi connectivity index (χ1n) is 5.15. The Labute approximate surface area is 92.4 Å².